The SMILES string of the molecule is O=C(NCc1ccccc1OC(F)(F)F)[C@@H]1CCCN(c2cc3c(nn2)CCC3)C1. The number of nitrogens with zero attached hydrogens (tertiary/aromatic N) is 3. The van der Waals surface area contributed by atoms with Gasteiger partial charge in [-0.2, -0.15) is 5.10 Å². The van der Waals surface area contributed by atoms with Crippen LogP contribution in [0, 0.1) is 5.92 Å². The number of aryl methyl sites for hydroxylation is 2. The molecular weight excluding hydrogens is 397 g/mol. The van der Waals surface area contributed by atoms with Crippen LogP contribution < -0.4 is 15.0 Å². The molecule has 1 saturated heterocycles. The van der Waals surface area contributed by atoms with Crippen molar-refractivity contribution >= 4 is 11.7 Å². The number of piperidine rings is 1. The molecule has 1 fully saturated rings. The van der Waals surface area contributed by atoms with E-state index >= 15 is 0 Å². The lowest BCUT2D eigenvalue weighted by atomic mass is 9.97. The monoisotopic (exact) mass is 420 g/mol. The molecule has 1 atom stereocenters. The molecular formula is C21H23F3N4O2. The van der Waals surface area contributed by atoms with Gasteiger partial charge < -0.3 is 15.0 Å². The van der Waals surface area contributed by atoms with Gasteiger partial charge in [-0.15, -0.1) is 18.3 Å². The van der Waals surface area contributed by atoms with E-state index in [1.165, 1.54) is 23.8 Å². The van der Waals surface area contributed by atoms with Crippen LogP contribution in [-0.4, -0.2) is 35.6 Å². The van der Waals surface area contributed by atoms with Crippen LogP contribution >= 0.6 is 0 Å². The number of rotatable bonds is 5. The standard InChI is InChI=1S/C21H23F3N4O2/c22-21(23,24)30-18-9-2-1-5-15(18)12-25-20(29)16-7-4-10-28(13-16)19-11-14-6-3-8-17(14)26-27-19/h1-2,5,9,11,16H,3-4,6-8,10,12-13H2,(H,25,29)/t16-/m1/s1. The fraction of sp³-hybridized carbons (Fsp3) is 0.476. The van der Waals surface area contributed by atoms with Gasteiger partial charge in [-0.1, -0.05) is 18.2 Å². The first-order valence-corrected chi connectivity index (χ1v) is 10.1. The Morgan fingerprint density at radius 2 is 2.03 bits per heavy atom. The minimum Gasteiger partial charge on any atom is -0.405 e. The molecule has 160 valence electrons. The molecule has 4 rings (SSSR count). The number of hydrogen-bond donors (Lipinski definition) is 1. The lowest BCUT2D eigenvalue weighted by Gasteiger charge is -2.32. The predicted octanol–water partition coefficient (Wildman–Crippen LogP) is 3.40. The number of hydrogen-bond acceptors (Lipinski definition) is 5. The third-order valence-electron chi connectivity index (χ3n) is 5.57. The van der Waals surface area contributed by atoms with Crippen molar-refractivity contribution in [3.05, 3.63) is 47.2 Å². The lowest BCUT2D eigenvalue weighted by Crippen LogP contribution is -2.43. The first kappa shape index (κ1) is 20.4. The largest absolute Gasteiger partial charge is 0.573 e. The van der Waals surface area contributed by atoms with Gasteiger partial charge in [-0.25, -0.2) is 0 Å². The van der Waals surface area contributed by atoms with Crippen LogP contribution in [0.3, 0.4) is 0 Å². The van der Waals surface area contributed by atoms with Gasteiger partial charge in [-0.3, -0.25) is 4.79 Å². The van der Waals surface area contributed by atoms with E-state index in [9.17, 15) is 18.0 Å². The van der Waals surface area contributed by atoms with Crippen LogP contribution in [-0.2, 0) is 24.2 Å². The highest BCUT2D eigenvalue weighted by Crippen LogP contribution is 2.28. The molecule has 1 aromatic carbocycles. The van der Waals surface area contributed by atoms with E-state index in [1.54, 1.807) is 6.07 Å². The zero-order chi connectivity index (χ0) is 21.1. The van der Waals surface area contributed by atoms with Crippen molar-refractivity contribution in [3.8, 4) is 5.75 Å². The summed E-state index contributed by atoms with van der Waals surface area (Å²) in [6.07, 6.45) is -0.146. The molecule has 1 aromatic heterocycles. The Morgan fingerprint density at radius 1 is 1.20 bits per heavy atom. The second kappa shape index (κ2) is 8.49. The number of anilines is 1. The molecule has 0 saturated carbocycles. The second-order valence-corrected chi connectivity index (χ2v) is 7.69. The molecule has 2 aliphatic rings. The van der Waals surface area contributed by atoms with Crippen LogP contribution in [0.5, 0.6) is 5.75 Å². The number of fused-ring (bicyclic) bond motifs is 1. The maximum absolute atomic E-state index is 12.7. The first-order chi connectivity index (χ1) is 14.4. The third kappa shape index (κ3) is 4.83. The molecule has 30 heavy (non-hydrogen) atoms. The zero-order valence-electron chi connectivity index (χ0n) is 16.4. The van der Waals surface area contributed by atoms with Crippen molar-refractivity contribution < 1.29 is 22.7 Å². The van der Waals surface area contributed by atoms with Gasteiger partial charge in [0, 0.05) is 25.2 Å². The van der Waals surface area contributed by atoms with E-state index in [-0.39, 0.29) is 29.7 Å². The summed E-state index contributed by atoms with van der Waals surface area (Å²) in [5, 5.41) is 11.4. The van der Waals surface area contributed by atoms with Crippen LogP contribution in [0.1, 0.15) is 36.1 Å². The number of nitrogens with one attached hydrogen (secondary N) is 1. The second-order valence-electron chi connectivity index (χ2n) is 7.69. The van der Waals surface area contributed by atoms with Gasteiger partial charge in [0.25, 0.3) is 0 Å². The molecule has 9 heteroatoms. The topological polar surface area (TPSA) is 67.3 Å². The average molecular weight is 420 g/mol. The number of amides is 1. The number of carbonyl (C=O) groups excluding carboxylic acids is 1. The Balaban J connectivity index is 1.37. The van der Waals surface area contributed by atoms with Crippen molar-refractivity contribution in [1.82, 2.24) is 15.5 Å². The molecule has 0 bridgehead atoms. The average Bonchev–Trinajstić information content (AvgIpc) is 3.20. The van der Waals surface area contributed by atoms with E-state index in [0.29, 0.717) is 6.54 Å². The predicted molar refractivity (Wildman–Crippen MR) is 104 cm³/mol. The highest BCUT2D eigenvalue weighted by molar-refractivity contribution is 5.79. The fourth-order valence-corrected chi connectivity index (χ4v) is 4.07. The smallest absolute Gasteiger partial charge is 0.405 e. The summed E-state index contributed by atoms with van der Waals surface area (Å²) in [4.78, 5) is 14.8. The van der Waals surface area contributed by atoms with E-state index in [1.807, 2.05) is 0 Å². The Bertz CT molecular complexity index is 919. The normalized spacial score (nSPS) is 18.8. The number of aromatic nitrogens is 2. The van der Waals surface area contributed by atoms with E-state index in [2.05, 4.69) is 31.2 Å². The lowest BCUT2D eigenvalue weighted by molar-refractivity contribution is -0.274. The third-order valence-corrected chi connectivity index (χ3v) is 5.57. The number of alkyl halides is 3. The molecule has 1 aliphatic heterocycles. The van der Waals surface area contributed by atoms with Crippen LogP contribution in [0.4, 0.5) is 19.0 Å². The summed E-state index contributed by atoms with van der Waals surface area (Å²) >= 11 is 0. The van der Waals surface area contributed by atoms with Gasteiger partial charge >= 0.3 is 6.36 Å². The minimum absolute atomic E-state index is 0.0275. The summed E-state index contributed by atoms with van der Waals surface area (Å²) in [5.74, 6) is 0.0428. The van der Waals surface area contributed by atoms with Crippen LogP contribution in [0.15, 0.2) is 30.3 Å². The summed E-state index contributed by atoms with van der Waals surface area (Å²) in [7, 11) is 0. The van der Waals surface area contributed by atoms with E-state index < -0.39 is 6.36 Å². The Morgan fingerprint density at radius 3 is 2.87 bits per heavy atom. The Kier molecular flexibility index (Phi) is 5.78. The molecule has 1 N–H and O–H groups in total. The summed E-state index contributed by atoms with van der Waals surface area (Å²) in [6, 6.07) is 7.89. The van der Waals surface area contributed by atoms with Crippen molar-refractivity contribution in [2.75, 3.05) is 18.0 Å². The number of halogens is 3. The molecule has 6 nitrogen and oxygen atoms in total. The molecule has 2 aromatic rings. The first-order valence-electron chi connectivity index (χ1n) is 10.1. The maximum atomic E-state index is 12.7. The van der Waals surface area contributed by atoms with Crippen molar-refractivity contribution in [2.24, 2.45) is 5.92 Å². The Hall–Kier alpha value is -2.84. The van der Waals surface area contributed by atoms with Crippen molar-refractivity contribution in [3.63, 3.8) is 0 Å². The number of benzene rings is 1. The minimum atomic E-state index is -4.78. The Labute approximate surface area is 172 Å². The molecule has 1 aliphatic carbocycles. The molecule has 1 amide bonds. The number of ether oxygens (including phenoxy) is 1. The van der Waals surface area contributed by atoms with Gasteiger partial charge in [0.15, 0.2) is 5.82 Å². The van der Waals surface area contributed by atoms with Gasteiger partial charge in [-0.05, 0) is 49.8 Å². The van der Waals surface area contributed by atoms with Gasteiger partial charge in [0.05, 0.1) is 11.6 Å². The summed E-state index contributed by atoms with van der Waals surface area (Å²) in [5.41, 5.74) is 2.57. The number of carbonyl (C=O) groups is 1. The van der Waals surface area contributed by atoms with Crippen molar-refractivity contribution in [1.29, 1.82) is 0 Å². The molecule has 2 heterocycles. The van der Waals surface area contributed by atoms with Gasteiger partial charge in [0.2, 0.25) is 5.91 Å². The number of para-hydroxylation sites is 1. The molecule has 0 spiro atoms. The highest BCUT2D eigenvalue weighted by Gasteiger charge is 2.32. The summed E-state index contributed by atoms with van der Waals surface area (Å²) < 4.78 is 41.8. The van der Waals surface area contributed by atoms with Crippen LogP contribution in [0.25, 0.3) is 0 Å². The highest BCUT2D eigenvalue weighted by atomic mass is 19.4. The fourth-order valence-electron chi connectivity index (χ4n) is 4.07. The van der Waals surface area contributed by atoms with E-state index in [4.69, 9.17) is 0 Å². The maximum Gasteiger partial charge on any atom is 0.573 e. The quantitative estimate of drug-likeness (QED) is 0.803. The van der Waals surface area contributed by atoms with Crippen molar-refractivity contribution in [2.45, 2.75) is 45.0 Å². The summed E-state index contributed by atoms with van der Waals surface area (Å²) in [6.45, 7) is 1.29. The van der Waals surface area contributed by atoms with E-state index in [0.717, 1.165) is 50.2 Å². The van der Waals surface area contributed by atoms with Gasteiger partial charge in [0.1, 0.15) is 5.75 Å². The zero-order valence-corrected chi connectivity index (χ0v) is 16.4. The van der Waals surface area contributed by atoms with Crippen LogP contribution in [0.2, 0.25) is 0 Å². The molecule has 0 radical (unpaired) electrons. The molecule has 0 unspecified atom stereocenters.